The molecule has 3 aromatic carbocycles. The molecule has 5 rings (SSSR count). The molecule has 2 heterocycles. The predicted molar refractivity (Wildman–Crippen MR) is 421 cm³/mol. The third-order valence-corrected chi connectivity index (χ3v) is 24.6. The number of carbonyl (C=O) groups is 9. The third kappa shape index (κ3) is 19.7. The quantitative estimate of drug-likeness (QED) is 0.0190. The van der Waals surface area contributed by atoms with Crippen molar-refractivity contribution in [2.45, 2.75) is 66.8 Å². The predicted octanol–water partition coefficient (Wildman–Crippen LogP) is -5.08. The minimum Gasteiger partial charge on any atom is -0.394 e. The topological polar surface area (TPSA) is 573 Å². The number of hydrogen-bond acceptors (Lipinski definition) is 29. The fourth-order valence-electron chi connectivity index (χ4n) is 9.91. The second kappa shape index (κ2) is 39.4. The molecule has 3 aromatic rings. The lowest BCUT2D eigenvalue weighted by Crippen LogP contribution is -2.57. The average molecular weight is 2430 g/mol. The van der Waals surface area contributed by atoms with Crippen LogP contribution in [0.15, 0.2) is 0 Å². The summed E-state index contributed by atoms with van der Waals surface area (Å²) in [5.41, 5.74) is -3.08. The zero-order valence-electron chi connectivity index (χ0n) is 51.3. The molecule has 9 atom stereocenters. The average Bonchev–Trinajstić information content (AvgIpc) is 0.737. The van der Waals surface area contributed by atoms with Crippen molar-refractivity contribution < 1.29 is 135 Å². The zero-order valence-corrected chi connectivity index (χ0v) is 70.7. The summed E-state index contributed by atoms with van der Waals surface area (Å²) in [4.78, 5) is 135. The SMILES string of the molecule is O=C(Nc1c(I)c(C(=O)N(CCNN2C(=O)c3c(I)c(c(I)c(N(CC(O)CO)C(=O)C(O)(CO)CC(O)CO)c3I)C2=O)CCNN2C(=O)c3c(I)c(c(I)c(N(CC(O)CO)C(=O)C(O)(CO)CC(O)CO)c3I)C2=O)c(I)c(C(=O)N(CC(O)CO)CC(O)CO)c1I)C(O)CO. The van der Waals surface area contributed by atoms with Crippen LogP contribution in [-0.4, -0.2) is 331 Å². The minimum atomic E-state index is -2.86. The number of carbonyl (C=O) groups excluding carboxylic acids is 9. The molecule has 2 aliphatic heterocycles. The van der Waals surface area contributed by atoms with Gasteiger partial charge in [0.05, 0.1) is 181 Å². The fraction of sp³-hybridized carbons (Fsp3) is 0.509. The van der Waals surface area contributed by atoms with Gasteiger partial charge in [0.1, 0.15) is 0 Å². The van der Waals surface area contributed by atoms with Crippen LogP contribution in [0.25, 0.3) is 0 Å². The molecule has 556 valence electrons. The Hall–Kier alpha value is -0.940. The number of aliphatic hydroxyl groups is 18. The molecule has 9 amide bonds. The smallest absolute Gasteiger partial charge is 0.277 e. The van der Waals surface area contributed by atoms with Crippen LogP contribution < -0.4 is 26.0 Å². The third-order valence-electron chi connectivity index (χ3n) is 15.0. The molecular formula is C55H66I9N9O27. The molecule has 45 heteroatoms. The highest BCUT2D eigenvalue weighted by molar-refractivity contribution is 14.1. The molecule has 0 saturated heterocycles. The maximum Gasteiger partial charge on any atom is 0.277 e. The van der Waals surface area contributed by atoms with Gasteiger partial charge >= 0.3 is 0 Å². The Labute approximate surface area is 689 Å². The van der Waals surface area contributed by atoms with Gasteiger partial charge in [0.25, 0.3) is 53.2 Å². The van der Waals surface area contributed by atoms with E-state index in [-0.39, 0.29) is 71.4 Å². The summed E-state index contributed by atoms with van der Waals surface area (Å²) in [5, 5.41) is 189. The first-order chi connectivity index (χ1) is 46.8. The van der Waals surface area contributed by atoms with Crippen LogP contribution in [-0.2, 0) is 14.4 Å². The van der Waals surface area contributed by atoms with E-state index in [1.54, 1.807) is 203 Å². The Balaban J connectivity index is 1.68. The standard InChI is InChI=1S/C55H66I9N9O27/c56-33-27(36(59)42(67-45(90)26(89)17-80)37(60)28(33)47(92)69(7-22(85)13-76)8-23(86)14-77)46(91)68(3-1-65-72-48(93)29-34(57)30(49(72)94)39(62)43(38(29)61)70(9-24(87)15-78)52(97)54(99,18-81)5-20(83)11-74)4-2-66-73-50(95)31-35(58)32(51(73)96)41(64)44(40(31)63)71(10-25(88)16-79)53(98)55(100,19-82)6-21(84)12-75/h20-26,65-66,74-89,99-100H,1-19H2,(H,67,90). The largest absolute Gasteiger partial charge is 0.394 e. The van der Waals surface area contributed by atoms with E-state index in [1.807, 2.05) is 0 Å². The van der Waals surface area contributed by atoms with E-state index < -0.39 is 243 Å². The van der Waals surface area contributed by atoms with Gasteiger partial charge in [-0.15, -0.1) is 0 Å². The van der Waals surface area contributed by atoms with Gasteiger partial charge in [-0.3, -0.25) is 43.2 Å². The summed E-state index contributed by atoms with van der Waals surface area (Å²) in [6.45, 7) is -14.9. The first-order valence-corrected chi connectivity index (χ1v) is 38.6. The van der Waals surface area contributed by atoms with Gasteiger partial charge in [-0.2, -0.15) is 0 Å². The minimum absolute atomic E-state index is 0.0330. The van der Waals surface area contributed by atoms with Crippen molar-refractivity contribution >= 4 is 274 Å². The number of aliphatic hydroxyl groups excluding tert-OH is 16. The van der Waals surface area contributed by atoms with Crippen molar-refractivity contribution in [1.82, 2.24) is 30.7 Å². The molecule has 0 spiro atoms. The monoisotopic (exact) mass is 2430 g/mol. The number of rotatable bonds is 37. The van der Waals surface area contributed by atoms with Gasteiger partial charge in [0.2, 0.25) is 0 Å². The van der Waals surface area contributed by atoms with Gasteiger partial charge in [-0.1, -0.05) is 0 Å². The number of hydrogen-bond donors (Lipinski definition) is 21. The molecule has 0 radical (unpaired) electrons. The number of imide groups is 2. The highest BCUT2D eigenvalue weighted by atomic mass is 127. The van der Waals surface area contributed by atoms with E-state index in [0.29, 0.717) is 19.8 Å². The number of nitrogens with one attached hydrogen (secondary N) is 3. The Kier molecular flexibility index (Phi) is 35.4. The van der Waals surface area contributed by atoms with Crippen LogP contribution in [0.5, 0.6) is 0 Å². The van der Waals surface area contributed by atoms with E-state index in [1.165, 1.54) is 0 Å². The van der Waals surface area contributed by atoms with E-state index in [2.05, 4.69) is 16.2 Å². The van der Waals surface area contributed by atoms with Crippen LogP contribution in [0.4, 0.5) is 17.1 Å². The lowest BCUT2D eigenvalue weighted by molar-refractivity contribution is -0.146. The van der Waals surface area contributed by atoms with Crippen LogP contribution in [0.3, 0.4) is 0 Å². The maximum atomic E-state index is 15.8. The molecule has 100 heavy (non-hydrogen) atoms. The van der Waals surface area contributed by atoms with Crippen molar-refractivity contribution in [3.8, 4) is 0 Å². The van der Waals surface area contributed by atoms with Crippen LogP contribution in [0.1, 0.15) is 75.0 Å². The summed E-state index contributed by atoms with van der Waals surface area (Å²) in [6, 6.07) is 0. The molecule has 4 bridgehead atoms. The van der Waals surface area contributed by atoms with Gasteiger partial charge in [0, 0.05) is 62.8 Å². The number of hydrazine groups is 2. The van der Waals surface area contributed by atoms with Crippen molar-refractivity contribution in [2.75, 3.05) is 127 Å². The highest BCUT2D eigenvalue weighted by Crippen LogP contribution is 2.45. The van der Waals surface area contributed by atoms with Crippen LogP contribution in [0.2, 0.25) is 0 Å². The second-order valence-corrected chi connectivity index (χ2v) is 31.9. The number of anilines is 3. The maximum absolute atomic E-state index is 15.8. The van der Waals surface area contributed by atoms with Gasteiger partial charge in [0.15, 0.2) is 17.3 Å². The first-order valence-electron chi connectivity index (χ1n) is 28.9. The first kappa shape index (κ1) is 89.7. The Morgan fingerprint density at radius 3 is 0.990 bits per heavy atom. The van der Waals surface area contributed by atoms with Gasteiger partial charge in [-0.25, -0.2) is 20.9 Å². The van der Waals surface area contributed by atoms with Crippen molar-refractivity contribution in [3.63, 3.8) is 0 Å². The second-order valence-electron chi connectivity index (χ2n) is 22.2. The summed E-state index contributed by atoms with van der Waals surface area (Å²) in [7, 11) is 0. The number of nitrogens with zero attached hydrogens (tertiary/aromatic N) is 6. The summed E-state index contributed by atoms with van der Waals surface area (Å²) < 4.78 is -0.815. The molecule has 0 aromatic heterocycles. The lowest BCUT2D eigenvalue weighted by atomic mass is 9.94. The van der Waals surface area contributed by atoms with E-state index in [4.69, 9.17) is 0 Å². The van der Waals surface area contributed by atoms with E-state index in [0.717, 1.165) is 9.80 Å². The molecule has 0 aliphatic carbocycles. The Bertz CT molecular complexity index is 3380. The van der Waals surface area contributed by atoms with E-state index in [9.17, 15) is 130 Å². The molecule has 0 saturated carbocycles. The number of benzene rings is 3. The Morgan fingerprint density at radius 1 is 0.400 bits per heavy atom. The van der Waals surface area contributed by atoms with Crippen LogP contribution in [0, 0.1) is 32.1 Å². The molecule has 36 nitrogen and oxygen atoms in total. The number of fused-ring (bicyclic) bond motifs is 4. The van der Waals surface area contributed by atoms with Crippen molar-refractivity contribution in [3.05, 3.63) is 65.5 Å². The fourth-order valence-corrected chi connectivity index (χ4v) is 23.6. The van der Waals surface area contributed by atoms with Crippen LogP contribution >= 0.6 is 203 Å². The van der Waals surface area contributed by atoms with E-state index >= 15 is 4.79 Å². The molecule has 2 aliphatic rings. The summed E-state index contributed by atoms with van der Waals surface area (Å²) in [6.07, 6.45) is -14.3. The number of halogens is 9. The van der Waals surface area contributed by atoms with Gasteiger partial charge < -0.3 is 117 Å². The zero-order chi connectivity index (χ0) is 75.7. The molecular weight excluding hydrogens is 2360 g/mol. The normalized spacial score (nSPS) is 16.3. The molecule has 21 N–H and O–H groups in total. The van der Waals surface area contributed by atoms with Gasteiger partial charge in [-0.05, 0) is 203 Å². The summed E-state index contributed by atoms with van der Waals surface area (Å²) >= 11 is 14.9. The van der Waals surface area contributed by atoms with Crippen molar-refractivity contribution in [1.29, 1.82) is 0 Å². The molecule has 0 fully saturated rings. The number of amides is 9. The lowest BCUT2D eigenvalue weighted by Gasteiger charge is -2.37. The molecule has 9 unspecified atom stereocenters. The van der Waals surface area contributed by atoms with Crippen molar-refractivity contribution in [2.24, 2.45) is 0 Å². The summed E-state index contributed by atoms with van der Waals surface area (Å²) in [5.74, 6) is -10.6. The highest BCUT2D eigenvalue weighted by Gasteiger charge is 2.49. The Morgan fingerprint density at radius 2 is 0.700 bits per heavy atom.